The van der Waals surface area contributed by atoms with Crippen molar-refractivity contribution in [3.63, 3.8) is 0 Å². The van der Waals surface area contributed by atoms with E-state index in [1.54, 1.807) is 0 Å². The normalized spacial score (nSPS) is 19.8. The predicted molar refractivity (Wildman–Crippen MR) is 82.5 cm³/mol. The van der Waals surface area contributed by atoms with Gasteiger partial charge >= 0.3 is 0 Å². The molecule has 0 bridgehead atoms. The molecule has 0 spiro atoms. The molecule has 22 heavy (non-hydrogen) atoms. The Labute approximate surface area is 130 Å². The van der Waals surface area contributed by atoms with E-state index in [4.69, 9.17) is 0 Å². The van der Waals surface area contributed by atoms with Crippen LogP contribution in [0.1, 0.15) is 36.5 Å². The first-order chi connectivity index (χ1) is 10.4. The van der Waals surface area contributed by atoms with E-state index in [0.29, 0.717) is 12.1 Å². The van der Waals surface area contributed by atoms with Gasteiger partial charge in [0.15, 0.2) is 0 Å². The number of amides is 1. The summed E-state index contributed by atoms with van der Waals surface area (Å²) in [6.07, 6.45) is 2.81. The van der Waals surface area contributed by atoms with Crippen molar-refractivity contribution in [2.75, 3.05) is 18.8 Å². The first-order valence-electron chi connectivity index (χ1n) is 7.43. The number of sulfonamides is 1. The van der Waals surface area contributed by atoms with Gasteiger partial charge in [0.05, 0.1) is 5.75 Å². The number of hydrogen-bond donors (Lipinski definition) is 1. The molecule has 5 nitrogen and oxygen atoms in total. The van der Waals surface area contributed by atoms with Crippen LogP contribution in [0.4, 0.5) is 4.39 Å². The summed E-state index contributed by atoms with van der Waals surface area (Å²) in [6, 6.07) is 5.14. The highest BCUT2D eigenvalue weighted by Gasteiger charge is 2.29. The van der Waals surface area contributed by atoms with Crippen molar-refractivity contribution in [3.05, 3.63) is 35.6 Å². The van der Waals surface area contributed by atoms with Gasteiger partial charge in [-0.3, -0.25) is 4.79 Å². The van der Waals surface area contributed by atoms with Crippen molar-refractivity contribution in [2.24, 2.45) is 0 Å². The molecular formula is C15H21FN2O3S. The van der Waals surface area contributed by atoms with Crippen molar-refractivity contribution in [3.8, 4) is 0 Å². The molecule has 0 radical (unpaired) electrons. The minimum atomic E-state index is -3.36. The van der Waals surface area contributed by atoms with Gasteiger partial charge in [0.1, 0.15) is 5.82 Å². The maximum atomic E-state index is 12.8. The largest absolute Gasteiger partial charge is 0.351 e. The highest BCUT2D eigenvalue weighted by Crippen LogP contribution is 2.19. The molecule has 1 amide bonds. The van der Waals surface area contributed by atoms with Crippen LogP contribution in [0.2, 0.25) is 0 Å². The number of carbonyl (C=O) groups is 1. The molecule has 1 atom stereocenters. The van der Waals surface area contributed by atoms with Crippen LogP contribution in [-0.4, -0.2) is 43.5 Å². The second kappa shape index (κ2) is 7.19. The Morgan fingerprint density at radius 3 is 2.64 bits per heavy atom. The summed E-state index contributed by atoms with van der Waals surface area (Å²) < 4.78 is 38.9. The second-order valence-corrected chi connectivity index (χ2v) is 7.58. The summed E-state index contributed by atoms with van der Waals surface area (Å²) in [5.74, 6) is -0.940. The Morgan fingerprint density at radius 2 is 2.00 bits per heavy atom. The Morgan fingerprint density at radius 1 is 1.32 bits per heavy atom. The minimum Gasteiger partial charge on any atom is -0.351 e. The third-order valence-electron chi connectivity index (χ3n) is 3.85. The van der Waals surface area contributed by atoms with E-state index in [-0.39, 0.29) is 18.3 Å². The van der Waals surface area contributed by atoms with Crippen LogP contribution in [0.15, 0.2) is 24.3 Å². The average molecular weight is 328 g/mol. The Hall–Kier alpha value is -1.47. The Bertz CT molecular complexity index is 616. The number of carbonyl (C=O) groups excluding carboxylic acids is 1. The number of nitrogens with zero attached hydrogens (tertiary/aromatic N) is 1. The van der Waals surface area contributed by atoms with E-state index in [1.165, 1.54) is 28.6 Å². The van der Waals surface area contributed by atoms with Gasteiger partial charge in [-0.2, -0.15) is 4.31 Å². The monoisotopic (exact) mass is 328 g/mol. The smallest absolute Gasteiger partial charge is 0.251 e. The molecule has 122 valence electrons. The number of benzene rings is 1. The topological polar surface area (TPSA) is 66.5 Å². The minimum absolute atomic E-state index is 0.0200. The second-order valence-electron chi connectivity index (χ2n) is 5.53. The van der Waals surface area contributed by atoms with Gasteiger partial charge < -0.3 is 5.32 Å². The van der Waals surface area contributed by atoms with E-state index in [1.807, 2.05) is 6.92 Å². The fourth-order valence-electron chi connectivity index (χ4n) is 2.60. The third kappa shape index (κ3) is 4.27. The van der Waals surface area contributed by atoms with Crippen LogP contribution in [0.5, 0.6) is 0 Å². The lowest BCUT2D eigenvalue weighted by Gasteiger charge is -2.32. The number of halogens is 1. The molecule has 0 aliphatic carbocycles. The molecule has 2 rings (SSSR count). The zero-order chi connectivity index (χ0) is 16.2. The van der Waals surface area contributed by atoms with Gasteiger partial charge in [-0.25, -0.2) is 12.8 Å². The van der Waals surface area contributed by atoms with Crippen molar-refractivity contribution in [1.82, 2.24) is 9.62 Å². The number of nitrogens with one attached hydrogen (secondary N) is 1. The summed E-state index contributed by atoms with van der Waals surface area (Å²) in [5, 5.41) is 2.56. The first-order valence-corrected chi connectivity index (χ1v) is 9.04. The van der Waals surface area contributed by atoms with Crippen LogP contribution in [0, 0.1) is 5.82 Å². The van der Waals surface area contributed by atoms with Crippen molar-refractivity contribution in [2.45, 2.75) is 32.2 Å². The van der Waals surface area contributed by atoms with Gasteiger partial charge in [-0.1, -0.05) is 6.42 Å². The summed E-state index contributed by atoms with van der Waals surface area (Å²) >= 11 is 0. The lowest BCUT2D eigenvalue weighted by atomic mass is 10.1. The van der Waals surface area contributed by atoms with Crippen LogP contribution in [0.25, 0.3) is 0 Å². The predicted octanol–water partition coefficient (Wildman–Crippen LogP) is 1.76. The van der Waals surface area contributed by atoms with Crippen molar-refractivity contribution >= 4 is 15.9 Å². The van der Waals surface area contributed by atoms with Crippen LogP contribution in [0.3, 0.4) is 0 Å². The lowest BCUT2D eigenvalue weighted by molar-refractivity contribution is 0.0956. The maximum Gasteiger partial charge on any atom is 0.251 e. The Kier molecular flexibility index (Phi) is 5.52. The molecule has 1 fully saturated rings. The quantitative estimate of drug-likeness (QED) is 0.896. The lowest BCUT2D eigenvalue weighted by Crippen LogP contribution is -2.45. The third-order valence-corrected chi connectivity index (χ3v) is 5.83. The molecule has 1 aromatic rings. The summed E-state index contributed by atoms with van der Waals surface area (Å²) in [4.78, 5) is 11.8. The molecule has 1 saturated heterocycles. The van der Waals surface area contributed by atoms with Gasteiger partial charge in [0.2, 0.25) is 10.0 Å². The molecule has 1 aliphatic heterocycles. The molecule has 1 aromatic carbocycles. The van der Waals surface area contributed by atoms with Crippen molar-refractivity contribution in [1.29, 1.82) is 0 Å². The highest BCUT2D eigenvalue weighted by molar-refractivity contribution is 7.89. The van der Waals surface area contributed by atoms with E-state index in [9.17, 15) is 17.6 Å². The van der Waals surface area contributed by atoms with E-state index < -0.39 is 21.7 Å². The maximum absolute atomic E-state index is 12.8. The Balaban J connectivity index is 1.87. The zero-order valence-corrected chi connectivity index (χ0v) is 13.4. The molecule has 0 aromatic heterocycles. The summed E-state index contributed by atoms with van der Waals surface area (Å²) in [5.41, 5.74) is 0.310. The van der Waals surface area contributed by atoms with Crippen LogP contribution in [-0.2, 0) is 10.0 Å². The van der Waals surface area contributed by atoms with E-state index in [2.05, 4.69) is 5.32 Å². The van der Waals surface area contributed by atoms with Gasteiger partial charge in [-0.15, -0.1) is 0 Å². The van der Waals surface area contributed by atoms with Gasteiger partial charge in [0, 0.05) is 24.7 Å². The van der Waals surface area contributed by atoms with Crippen LogP contribution < -0.4 is 5.32 Å². The fourth-order valence-corrected chi connectivity index (χ4v) is 4.25. The van der Waals surface area contributed by atoms with E-state index >= 15 is 0 Å². The van der Waals surface area contributed by atoms with Gasteiger partial charge in [0.25, 0.3) is 5.91 Å². The molecule has 7 heteroatoms. The molecule has 0 saturated carbocycles. The summed E-state index contributed by atoms with van der Waals surface area (Å²) in [7, 11) is -3.36. The molecule has 1 heterocycles. The summed E-state index contributed by atoms with van der Waals surface area (Å²) in [6.45, 7) is 2.50. The highest BCUT2D eigenvalue weighted by atomic mass is 32.2. The number of rotatable bonds is 5. The van der Waals surface area contributed by atoms with Crippen LogP contribution >= 0.6 is 0 Å². The van der Waals surface area contributed by atoms with Gasteiger partial charge in [-0.05, 0) is 44.0 Å². The first kappa shape index (κ1) is 16.9. The number of piperidine rings is 1. The average Bonchev–Trinajstić information content (AvgIpc) is 2.48. The fraction of sp³-hybridized carbons (Fsp3) is 0.533. The SMILES string of the molecule is C[C@H]1CCCCN1S(=O)(=O)CCNC(=O)c1ccc(F)cc1. The standard InChI is InChI=1S/C15H21FN2O3S/c1-12-4-2-3-10-18(12)22(20,21)11-9-17-15(19)13-5-7-14(16)8-6-13/h5-8,12H,2-4,9-11H2,1H3,(H,17,19)/t12-/m0/s1. The van der Waals surface area contributed by atoms with Crippen molar-refractivity contribution < 1.29 is 17.6 Å². The molecule has 0 unspecified atom stereocenters. The zero-order valence-electron chi connectivity index (χ0n) is 12.6. The molecule has 1 N–H and O–H groups in total. The molecular weight excluding hydrogens is 307 g/mol. The van der Waals surface area contributed by atoms with E-state index in [0.717, 1.165) is 19.3 Å². The molecule has 1 aliphatic rings. The number of hydrogen-bond acceptors (Lipinski definition) is 3.